The van der Waals surface area contributed by atoms with Gasteiger partial charge in [0.1, 0.15) is 0 Å². The highest BCUT2D eigenvalue weighted by Gasteiger charge is 2.25. The van der Waals surface area contributed by atoms with Gasteiger partial charge in [-0.3, -0.25) is 0 Å². The molecule has 3 rings (SSSR count). The number of likely N-dealkylation sites (tertiary alicyclic amines) is 1. The highest BCUT2D eigenvalue weighted by Crippen LogP contribution is 2.30. The van der Waals surface area contributed by atoms with E-state index in [-0.39, 0.29) is 6.04 Å². The molecule has 1 aliphatic carbocycles. The summed E-state index contributed by atoms with van der Waals surface area (Å²) in [6, 6.07) is 6.15. The lowest BCUT2D eigenvalue weighted by molar-refractivity contribution is 0.164. The van der Waals surface area contributed by atoms with Crippen LogP contribution in [0.25, 0.3) is 0 Å². The third-order valence-corrected chi connectivity index (χ3v) is 8.70. The van der Waals surface area contributed by atoms with Crippen LogP contribution in [0.5, 0.6) is 0 Å². The average Bonchev–Trinajstić information content (AvgIpc) is 2.71. The molecule has 1 saturated heterocycles. The van der Waals surface area contributed by atoms with Crippen LogP contribution in [0.4, 0.5) is 0 Å². The van der Waals surface area contributed by atoms with Crippen molar-refractivity contribution in [1.82, 2.24) is 14.3 Å². The van der Waals surface area contributed by atoms with Gasteiger partial charge in [0.05, 0.1) is 0 Å². The molecule has 2 aliphatic rings. The first kappa shape index (κ1) is 23.5. The number of hydrogen-bond acceptors (Lipinski definition) is 3. The minimum absolute atomic E-state index is 0.0882. The lowest BCUT2D eigenvalue weighted by Crippen LogP contribution is -2.43. The van der Waals surface area contributed by atoms with Crippen molar-refractivity contribution in [3.05, 3.63) is 33.3 Å². The smallest absolute Gasteiger partial charge is 0.276 e. The maximum atomic E-state index is 11.6. The summed E-state index contributed by atoms with van der Waals surface area (Å²) in [4.78, 5) is 2.61. The van der Waals surface area contributed by atoms with Gasteiger partial charge in [-0.15, -0.1) is 0 Å². The number of hydrogen-bond donors (Lipinski definition) is 2. The van der Waals surface area contributed by atoms with Crippen LogP contribution in [-0.2, 0) is 16.6 Å². The maximum Gasteiger partial charge on any atom is 0.276 e. The van der Waals surface area contributed by atoms with Gasteiger partial charge in [-0.1, -0.05) is 27.5 Å². The van der Waals surface area contributed by atoms with E-state index in [1.54, 1.807) is 0 Å². The normalized spacial score (nSPS) is 24.7. The topological polar surface area (TPSA) is 61.4 Å². The molecule has 0 radical (unpaired) electrons. The third-order valence-electron chi connectivity index (χ3n) is 6.51. The Balaban J connectivity index is 1.34. The highest BCUT2D eigenvalue weighted by molar-refractivity contribution is 9.10. The van der Waals surface area contributed by atoms with Gasteiger partial charge in [0.15, 0.2) is 0 Å². The van der Waals surface area contributed by atoms with Crippen molar-refractivity contribution in [3.8, 4) is 0 Å². The fourth-order valence-electron chi connectivity index (χ4n) is 4.64. The molecule has 0 atom stereocenters. The lowest BCUT2D eigenvalue weighted by Gasteiger charge is -2.34. The number of halogens is 2. The van der Waals surface area contributed by atoms with Gasteiger partial charge < -0.3 is 4.90 Å². The molecule has 0 bridgehead atoms. The second-order valence-corrected chi connectivity index (χ2v) is 11.5. The molecule has 0 unspecified atom stereocenters. The molecule has 164 valence electrons. The minimum Gasteiger partial charge on any atom is -0.303 e. The summed E-state index contributed by atoms with van der Waals surface area (Å²) in [5.41, 5.74) is 1.32. The van der Waals surface area contributed by atoms with Crippen LogP contribution in [0.15, 0.2) is 22.7 Å². The van der Waals surface area contributed by atoms with E-state index in [1.807, 2.05) is 12.1 Å². The molecule has 0 spiro atoms. The van der Waals surface area contributed by atoms with Crippen LogP contribution in [0, 0.1) is 11.8 Å². The predicted octanol–water partition coefficient (Wildman–Crippen LogP) is 4.36. The van der Waals surface area contributed by atoms with Gasteiger partial charge in [-0.25, -0.2) is 4.72 Å². The number of nitrogens with one attached hydrogen (secondary N) is 2. The fraction of sp³-hybridized carbons (Fsp3) is 0.714. The molecule has 1 heterocycles. The van der Waals surface area contributed by atoms with Crippen molar-refractivity contribution < 1.29 is 8.42 Å². The number of piperidine rings is 1. The molecule has 2 N–H and O–H groups in total. The fourth-order valence-corrected chi connectivity index (χ4v) is 6.03. The number of nitrogens with zero attached hydrogens (tertiary/aromatic N) is 1. The molecule has 0 aromatic heterocycles. The number of rotatable bonds is 8. The van der Waals surface area contributed by atoms with Crippen molar-refractivity contribution >= 4 is 37.7 Å². The standard InChI is InChI=1S/C21H33BrClN3O2S/c1-24-29(27,28)25-20-5-2-16(3-6-20)8-11-26-12-9-17(10-13-26)14-18-15-19(23)4-7-21(18)22/h4,7,15-17,20,24-25H,2-3,5-6,8-14H2,1H3. The van der Waals surface area contributed by atoms with Crippen LogP contribution in [0.3, 0.4) is 0 Å². The van der Waals surface area contributed by atoms with Crippen LogP contribution in [0.1, 0.15) is 50.5 Å². The lowest BCUT2D eigenvalue weighted by atomic mass is 9.84. The van der Waals surface area contributed by atoms with E-state index in [9.17, 15) is 8.42 Å². The molecule has 0 amide bonds. The van der Waals surface area contributed by atoms with Gasteiger partial charge in [-0.05, 0) is 107 Å². The van der Waals surface area contributed by atoms with Gasteiger partial charge >= 0.3 is 0 Å². The van der Waals surface area contributed by atoms with Gasteiger partial charge in [0.25, 0.3) is 10.2 Å². The first-order chi connectivity index (χ1) is 13.8. The van der Waals surface area contributed by atoms with E-state index < -0.39 is 10.2 Å². The zero-order valence-corrected chi connectivity index (χ0v) is 20.3. The van der Waals surface area contributed by atoms with Gasteiger partial charge in [-0.2, -0.15) is 13.1 Å². The van der Waals surface area contributed by atoms with E-state index in [4.69, 9.17) is 11.6 Å². The summed E-state index contributed by atoms with van der Waals surface area (Å²) in [5.74, 6) is 1.46. The summed E-state index contributed by atoms with van der Waals surface area (Å²) in [6.07, 6.45) is 8.96. The first-order valence-corrected chi connectivity index (χ1v) is 13.4. The summed E-state index contributed by atoms with van der Waals surface area (Å²) >= 11 is 9.81. The van der Waals surface area contributed by atoms with Crippen LogP contribution in [-0.4, -0.2) is 46.0 Å². The SMILES string of the molecule is CNS(=O)(=O)NC1CCC(CCN2CCC(Cc3cc(Cl)ccc3Br)CC2)CC1. The van der Waals surface area contributed by atoms with Crippen molar-refractivity contribution in [1.29, 1.82) is 0 Å². The monoisotopic (exact) mass is 505 g/mol. The Morgan fingerprint density at radius 1 is 1.10 bits per heavy atom. The van der Waals surface area contributed by atoms with Gasteiger partial charge in [0, 0.05) is 22.6 Å². The molecule has 1 aromatic carbocycles. The Morgan fingerprint density at radius 3 is 2.45 bits per heavy atom. The Labute approximate surface area is 189 Å². The van der Waals surface area contributed by atoms with Crippen LogP contribution < -0.4 is 9.44 Å². The Morgan fingerprint density at radius 2 is 1.79 bits per heavy atom. The summed E-state index contributed by atoms with van der Waals surface area (Å²) < 4.78 is 29.5. The van der Waals surface area contributed by atoms with Crippen molar-refractivity contribution in [3.63, 3.8) is 0 Å². The second kappa shape index (κ2) is 10.9. The zero-order valence-electron chi connectivity index (χ0n) is 17.2. The van der Waals surface area contributed by atoms with Crippen molar-refractivity contribution in [2.75, 3.05) is 26.7 Å². The molecule has 5 nitrogen and oxygen atoms in total. The second-order valence-electron chi connectivity index (χ2n) is 8.56. The Kier molecular flexibility index (Phi) is 8.84. The average molecular weight is 507 g/mol. The van der Waals surface area contributed by atoms with Crippen molar-refractivity contribution in [2.45, 2.75) is 57.4 Å². The molecular weight excluding hydrogens is 474 g/mol. The Hall–Kier alpha value is -0.180. The van der Waals surface area contributed by atoms with Crippen molar-refractivity contribution in [2.24, 2.45) is 11.8 Å². The summed E-state index contributed by atoms with van der Waals surface area (Å²) in [6.45, 7) is 3.53. The third kappa shape index (κ3) is 7.47. The molecule has 1 aliphatic heterocycles. The van der Waals surface area contributed by atoms with Crippen LogP contribution >= 0.6 is 27.5 Å². The molecule has 29 heavy (non-hydrogen) atoms. The van der Waals surface area contributed by atoms with Crippen LogP contribution in [0.2, 0.25) is 5.02 Å². The van der Waals surface area contributed by atoms with E-state index >= 15 is 0 Å². The molecule has 1 aromatic rings. The number of benzene rings is 1. The van der Waals surface area contributed by atoms with E-state index in [0.29, 0.717) is 0 Å². The van der Waals surface area contributed by atoms with E-state index in [1.165, 1.54) is 51.5 Å². The first-order valence-electron chi connectivity index (χ1n) is 10.7. The predicted molar refractivity (Wildman–Crippen MR) is 123 cm³/mol. The maximum absolute atomic E-state index is 11.6. The van der Waals surface area contributed by atoms with Gasteiger partial charge in [0.2, 0.25) is 0 Å². The molecule has 2 fully saturated rings. The summed E-state index contributed by atoms with van der Waals surface area (Å²) in [7, 11) is -1.87. The zero-order chi connectivity index (χ0) is 20.9. The summed E-state index contributed by atoms with van der Waals surface area (Å²) in [5, 5.41) is 0.814. The molecule has 8 heteroatoms. The molecule has 1 saturated carbocycles. The van der Waals surface area contributed by atoms with E-state index in [2.05, 4.69) is 36.3 Å². The minimum atomic E-state index is -3.32. The highest BCUT2D eigenvalue weighted by atomic mass is 79.9. The van der Waals surface area contributed by atoms with E-state index in [0.717, 1.165) is 53.4 Å². The quantitative estimate of drug-likeness (QED) is 0.551. The molecular formula is C21H33BrClN3O2S. The largest absolute Gasteiger partial charge is 0.303 e. The Bertz CT molecular complexity index is 761.